The number of nitrogens with zero attached hydrogens (tertiary/aromatic N) is 2. The van der Waals surface area contributed by atoms with Crippen molar-refractivity contribution in [1.82, 2.24) is 4.98 Å². The molecule has 170 valence electrons. The normalized spacial score (nSPS) is 17.5. The summed E-state index contributed by atoms with van der Waals surface area (Å²) in [5, 5.41) is 11.4. The number of rotatable bonds is 4. The fourth-order valence-corrected chi connectivity index (χ4v) is 5.14. The fourth-order valence-electron chi connectivity index (χ4n) is 4.05. The Morgan fingerprint density at radius 1 is 1.09 bits per heavy atom. The van der Waals surface area contributed by atoms with Crippen molar-refractivity contribution in [2.75, 3.05) is 12.0 Å². The minimum Gasteiger partial charge on any atom is -0.507 e. The predicted molar refractivity (Wildman–Crippen MR) is 129 cm³/mol. The van der Waals surface area contributed by atoms with Crippen molar-refractivity contribution >= 4 is 44.1 Å². The van der Waals surface area contributed by atoms with E-state index >= 15 is 0 Å². The molecule has 0 bridgehead atoms. The maximum atomic E-state index is 14.2. The zero-order valence-electron chi connectivity index (χ0n) is 18.3. The summed E-state index contributed by atoms with van der Waals surface area (Å²) in [4.78, 5) is 32.3. The second-order valence-electron chi connectivity index (χ2n) is 7.92. The van der Waals surface area contributed by atoms with Crippen LogP contribution in [0.3, 0.4) is 0 Å². The lowest BCUT2D eigenvalue weighted by molar-refractivity contribution is -0.132. The quantitative estimate of drug-likeness (QED) is 0.244. The van der Waals surface area contributed by atoms with Crippen LogP contribution in [0, 0.1) is 12.7 Å². The molecule has 4 aromatic rings. The topological polar surface area (TPSA) is 79.7 Å². The Balaban J connectivity index is 1.72. The summed E-state index contributed by atoms with van der Waals surface area (Å²) in [6.07, 6.45) is 0. The lowest BCUT2D eigenvalue weighted by Crippen LogP contribution is -2.29. The first-order valence-corrected chi connectivity index (χ1v) is 11.3. The van der Waals surface area contributed by atoms with Crippen molar-refractivity contribution in [3.63, 3.8) is 0 Å². The molecule has 0 unspecified atom stereocenters. The van der Waals surface area contributed by atoms with E-state index in [0.29, 0.717) is 27.5 Å². The molecule has 0 spiro atoms. The van der Waals surface area contributed by atoms with E-state index in [9.17, 15) is 19.1 Å². The molecule has 1 aliphatic heterocycles. The average molecular weight is 475 g/mol. The molecule has 0 saturated carbocycles. The van der Waals surface area contributed by atoms with E-state index in [1.807, 2.05) is 25.1 Å². The van der Waals surface area contributed by atoms with Gasteiger partial charge in [-0.15, -0.1) is 0 Å². The molecule has 34 heavy (non-hydrogen) atoms. The van der Waals surface area contributed by atoms with Gasteiger partial charge in [0, 0.05) is 5.56 Å². The van der Waals surface area contributed by atoms with Gasteiger partial charge in [-0.05, 0) is 66.6 Å². The molecular weight excluding hydrogens is 455 g/mol. The molecule has 1 aliphatic rings. The van der Waals surface area contributed by atoms with Crippen molar-refractivity contribution in [2.45, 2.75) is 13.0 Å². The molecule has 1 aromatic heterocycles. The number of ether oxygens (including phenoxy) is 1. The first-order chi connectivity index (χ1) is 16.4. The highest BCUT2D eigenvalue weighted by Gasteiger charge is 2.48. The van der Waals surface area contributed by atoms with Crippen LogP contribution in [0.1, 0.15) is 22.7 Å². The Morgan fingerprint density at radius 3 is 2.56 bits per heavy atom. The molecule has 6 nitrogen and oxygen atoms in total. The monoisotopic (exact) mass is 474 g/mol. The summed E-state index contributed by atoms with van der Waals surface area (Å²) in [5.41, 5.74) is 2.27. The van der Waals surface area contributed by atoms with E-state index < -0.39 is 23.5 Å². The van der Waals surface area contributed by atoms with Gasteiger partial charge in [-0.2, -0.15) is 0 Å². The Kier molecular flexibility index (Phi) is 5.37. The molecule has 1 fully saturated rings. The summed E-state index contributed by atoms with van der Waals surface area (Å²) in [5.74, 6) is -2.00. The molecule has 0 aliphatic carbocycles. The number of carbonyl (C=O) groups is 2. The highest BCUT2D eigenvalue weighted by molar-refractivity contribution is 7.22. The Labute approximate surface area is 198 Å². The van der Waals surface area contributed by atoms with Crippen molar-refractivity contribution in [1.29, 1.82) is 0 Å². The molecule has 2 heterocycles. The average Bonchev–Trinajstić information content (AvgIpc) is 3.36. The van der Waals surface area contributed by atoms with Gasteiger partial charge in [0.25, 0.3) is 5.78 Å². The number of halogens is 1. The summed E-state index contributed by atoms with van der Waals surface area (Å²) < 4.78 is 20.2. The molecule has 1 amide bonds. The van der Waals surface area contributed by atoms with Crippen LogP contribution in [-0.2, 0) is 9.59 Å². The third kappa shape index (κ3) is 3.62. The van der Waals surface area contributed by atoms with Crippen molar-refractivity contribution < 1.29 is 23.8 Å². The van der Waals surface area contributed by atoms with Crippen molar-refractivity contribution in [2.24, 2.45) is 0 Å². The summed E-state index contributed by atoms with van der Waals surface area (Å²) in [7, 11) is 1.52. The Hall–Kier alpha value is -4.04. The molecule has 1 N–H and O–H groups in total. The number of aromatic nitrogens is 1. The maximum absolute atomic E-state index is 14.2. The van der Waals surface area contributed by atoms with Crippen LogP contribution in [0.5, 0.6) is 5.75 Å². The number of thiazole rings is 1. The van der Waals surface area contributed by atoms with Crippen molar-refractivity contribution in [3.05, 3.63) is 94.8 Å². The van der Waals surface area contributed by atoms with Crippen LogP contribution in [0.25, 0.3) is 16.0 Å². The zero-order chi connectivity index (χ0) is 24.0. The number of carbonyl (C=O) groups excluding carboxylic acids is 2. The predicted octanol–water partition coefficient (Wildman–Crippen LogP) is 5.38. The SMILES string of the molecule is COc1ccc(C(O)=C2C(=O)C(=O)N(c3nc4ccc(C)cc4s3)[C@H]2c2cccc(F)c2)cc1. The van der Waals surface area contributed by atoms with Gasteiger partial charge in [-0.25, -0.2) is 9.37 Å². The van der Waals surface area contributed by atoms with Gasteiger partial charge < -0.3 is 9.84 Å². The van der Waals surface area contributed by atoms with Crippen LogP contribution in [0.15, 0.2) is 72.3 Å². The molecule has 5 rings (SSSR count). The number of aryl methyl sites for hydroxylation is 1. The van der Waals surface area contributed by atoms with Gasteiger partial charge >= 0.3 is 5.91 Å². The third-order valence-corrected chi connectivity index (χ3v) is 6.73. The standard InChI is InChI=1S/C26H19FN2O4S/c1-14-6-11-19-20(12-14)34-26(28-19)29-22(16-4-3-5-17(27)13-16)21(24(31)25(29)32)23(30)15-7-9-18(33-2)10-8-15/h3-13,22,30H,1-2H3/t22-/m0/s1. The number of aliphatic hydroxyl groups excluding tert-OH is 1. The van der Waals surface area contributed by atoms with E-state index in [1.54, 1.807) is 30.3 Å². The summed E-state index contributed by atoms with van der Waals surface area (Å²) >= 11 is 1.26. The first kappa shape index (κ1) is 21.8. The number of hydrogen-bond acceptors (Lipinski definition) is 6. The van der Waals surface area contributed by atoms with Crippen molar-refractivity contribution in [3.8, 4) is 5.75 Å². The maximum Gasteiger partial charge on any atom is 0.301 e. The first-order valence-electron chi connectivity index (χ1n) is 10.5. The lowest BCUT2D eigenvalue weighted by Gasteiger charge is -2.23. The van der Waals surface area contributed by atoms with E-state index in [-0.39, 0.29) is 11.3 Å². The summed E-state index contributed by atoms with van der Waals surface area (Å²) in [6.45, 7) is 1.95. The van der Waals surface area contributed by atoms with Crippen LogP contribution < -0.4 is 9.64 Å². The molecule has 3 aromatic carbocycles. The highest BCUT2D eigenvalue weighted by atomic mass is 32.1. The molecule has 0 radical (unpaired) electrons. The van der Waals surface area contributed by atoms with E-state index in [0.717, 1.165) is 10.3 Å². The zero-order valence-corrected chi connectivity index (χ0v) is 19.1. The second kappa shape index (κ2) is 8.39. The van der Waals surface area contributed by atoms with Crippen LogP contribution >= 0.6 is 11.3 Å². The molecule has 1 atom stereocenters. The van der Waals surface area contributed by atoms with E-state index in [1.165, 1.54) is 41.5 Å². The number of Topliss-reactive ketones (excluding diaryl/α,β-unsaturated/α-hetero) is 1. The lowest BCUT2D eigenvalue weighted by atomic mass is 9.95. The number of ketones is 1. The van der Waals surface area contributed by atoms with Gasteiger partial charge in [0.15, 0.2) is 5.13 Å². The van der Waals surface area contributed by atoms with Gasteiger partial charge in [-0.3, -0.25) is 14.5 Å². The Bertz CT molecular complexity index is 1480. The fraction of sp³-hybridized carbons (Fsp3) is 0.115. The van der Waals surface area contributed by atoms with E-state index in [4.69, 9.17) is 4.74 Å². The van der Waals surface area contributed by atoms with Crippen LogP contribution in [0.2, 0.25) is 0 Å². The number of hydrogen-bond donors (Lipinski definition) is 1. The molecule has 1 saturated heterocycles. The number of benzene rings is 3. The Morgan fingerprint density at radius 2 is 1.85 bits per heavy atom. The van der Waals surface area contributed by atoms with Crippen LogP contribution in [-0.4, -0.2) is 28.9 Å². The number of aliphatic hydroxyl groups is 1. The molecule has 8 heteroatoms. The van der Waals surface area contributed by atoms with Gasteiger partial charge in [0.05, 0.1) is 28.9 Å². The smallest absolute Gasteiger partial charge is 0.301 e. The number of fused-ring (bicyclic) bond motifs is 1. The third-order valence-electron chi connectivity index (χ3n) is 5.71. The summed E-state index contributed by atoms with van der Waals surface area (Å²) in [6, 6.07) is 16.8. The van der Waals surface area contributed by atoms with Gasteiger partial charge in [0.1, 0.15) is 17.3 Å². The molecular formula is C26H19FN2O4S. The minimum absolute atomic E-state index is 0.129. The number of amides is 1. The van der Waals surface area contributed by atoms with Gasteiger partial charge in [0.2, 0.25) is 0 Å². The minimum atomic E-state index is -1.04. The number of anilines is 1. The van der Waals surface area contributed by atoms with E-state index in [2.05, 4.69) is 4.98 Å². The number of methoxy groups -OCH3 is 1. The largest absolute Gasteiger partial charge is 0.507 e. The van der Waals surface area contributed by atoms with Gasteiger partial charge in [-0.1, -0.05) is 29.5 Å². The van der Waals surface area contributed by atoms with Crippen LogP contribution in [0.4, 0.5) is 9.52 Å². The second-order valence-corrected chi connectivity index (χ2v) is 8.93. The highest BCUT2D eigenvalue weighted by Crippen LogP contribution is 2.44.